The molecule has 0 aliphatic carbocycles. The molecule has 0 N–H and O–H groups in total. The van der Waals surface area contributed by atoms with Gasteiger partial charge in [-0.05, 0) is 18.9 Å². The summed E-state index contributed by atoms with van der Waals surface area (Å²) in [5.74, 6) is -1.43. The predicted octanol–water partition coefficient (Wildman–Crippen LogP) is 4.98. The fourth-order valence-electron chi connectivity index (χ4n) is 2.56. The Morgan fingerprint density at radius 1 is 1.26 bits per heavy atom. The van der Waals surface area contributed by atoms with Gasteiger partial charge in [0.2, 0.25) is 0 Å². The lowest BCUT2D eigenvalue weighted by molar-refractivity contribution is -0.144. The first kappa shape index (κ1) is 21.6. The van der Waals surface area contributed by atoms with Crippen LogP contribution in [0.25, 0.3) is 10.1 Å². The van der Waals surface area contributed by atoms with Crippen LogP contribution in [0.5, 0.6) is 11.5 Å². The van der Waals surface area contributed by atoms with Gasteiger partial charge in [0.05, 0.1) is 31.6 Å². The Morgan fingerprint density at radius 2 is 2.00 bits per heavy atom. The minimum Gasteiger partial charge on any atom is -0.493 e. The van der Waals surface area contributed by atoms with Crippen molar-refractivity contribution in [2.24, 2.45) is 5.92 Å². The maximum atomic E-state index is 15.0. The molecule has 1 aromatic heterocycles. The van der Waals surface area contributed by atoms with E-state index in [4.69, 9.17) is 9.47 Å². The number of hydrogen-bond acceptors (Lipinski definition) is 6. The number of halogens is 2. The van der Waals surface area contributed by atoms with Crippen LogP contribution in [-0.2, 0) is 9.53 Å². The molecule has 0 bridgehead atoms. The SMILES string of the molecule is COC(=O)C(C)CC(=O)c1cc2c(F)c(OCCCCBr)c(OC)cc2s1. The zero-order valence-corrected chi connectivity index (χ0v) is 17.9. The topological polar surface area (TPSA) is 61.8 Å². The zero-order valence-electron chi connectivity index (χ0n) is 15.5. The number of Topliss-reactive ketones (excluding diaryl/α,β-unsaturated/α-hetero) is 1. The third-order valence-corrected chi connectivity index (χ3v) is 5.73. The first-order valence-corrected chi connectivity index (χ1v) is 10.5. The van der Waals surface area contributed by atoms with Gasteiger partial charge in [0, 0.05) is 27.9 Å². The molecular formula is C19H22BrFO5S. The van der Waals surface area contributed by atoms with Crippen molar-refractivity contribution in [2.75, 3.05) is 26.2 Å². The van der Waals surface area contributed by atoms with Crippen molar-refractivity contribution in [3.8, 4) is 11.5 Å². The summed E-state index contributed by atoms with van der Waals surface area (Å²) in [6.07, 6.45) is 1.71. The monoisotopic (exact) mass is 460 g/mol. The van der Waals surface area contributed by atoms with Gasteiger partial charge >= 0.3 is 5.97 Å². The molecule has 0 fully saturated rings. The second-order valence-electron chi connectivity index (χ2n) is 6.04. The van der Waals surface area contributed by atoms with Crippen molar-refractivity contribution in [2.45, 2.75) is 26.2 Å². The van der Waals surface area contributed by atoms with Crippen LogP contribution < -0.4 is 9.47 Å². The highest BCUT2D eigenvalue weighted by molar-refractivity contribution is 9.09. The van der Waals surface area contributed by atoms with Crippen LogP contribution in [0.15, 0.2) is 12.1 Å². The molecule has 2 aromatic rings. The standard InChI is InChI=1S/C19H22BrFO5S/c1-11(19(23)25-3)8-13(22)16-9-12-15(27-16)10-14(24-2)18(17(12)21)26-7-5-4-6-20/h9-11H,4-8H2,1-3H3. The predicted molar refractivity (Wildman–Crippen MR) is 107 cm³/mol. The third kappa shape index (κ3) is 5.19. The number of esters is 1. The van der Waals surface area contributed by atoms with E-state index in [1.54, 1.807) is 13.0 Å². The Morgan fingerprint density at radius 3 is 2.63 bits per heavy atom. The average molecular weight is 461 g/mol. The lowest BCUT2D eigenvalue weighted by atomic mass is 10.0. The highest BCUT2D eigenvalue weighted by atomic mass is 79.9. The number of ether oxygens (including phenoxy) is 3. The first-order valence-electron chi connectivity index (χ1n) is 8.52. The third-order valence-electron chi connectivity index (χ3n) is 4.05. The summed E-state index contributed by atoms with van der Waals surface area (Å²) in [5.41, 5.74) is 0. The number of hydrogen-bond donors (Lipinski definition) is 0. The summed E-state index contributed by atoms with van der Waals surface area (Å²) < 4.78 is 31.0. The van der Waals surface area contributed by atoms with Gasteiger partial charge in [0.25, 0.3) is 0 Å². The maximum Gasteiger partial charge on any atom is 0.308 e. The van der Waals surface area contributed by atoms with E-state index in [0.717, 1.165) is 18.2 Å². The first-order chi connectivity index (χ1) is 12.9. The lowest BCUT2D eigenvalue weighted by Crippen LogP contribution is -2.16. The van der Waals surface area contributed by atoms with E-state index >= 15 is 0 Å². The summed E-state index contributed by atoms with van der Waals surface area (Å²) in [5, 5.41) is 1.17. The van der Waals surface area contributed by atoms with E-state index in [1.165, 1.54) is 31.6 Å². The number of benzene rings is 1. The normalized spacial score (nSPS) is 12.0. The molecule has 148 valence electrons. The molecule has 0 aliphatic heterocycles. The largest absolute Gasteiger partial charge is 0.493 e. The number of carbonyl (C=O) groups is 2. The van der Waals surface area contributed by atoms with E-state index in [1.807, 2.05) is 0 Å². The molecule has 1 atom stereocenters. The highest BCUT2D eigenvalue weighted by Gasteiger charge is 2.23. The quantitative estimate of drug-likeness (QED) is 0.216. The lowest BCUT2D eigenvalue weighted by Gasteiger charge is -2.12. The molecule has 2 rings (SSSR count). The Kier molecular flexibility index (Phi) is 8.04. The van der Waals surface area contributed by atoms with E-state index in [9.17, 15) is 14.0 Å². The molecular weight excluding hydrogens is 439 g/mol. The van der Waals surface area contributed by atoms with E-state index in [-0.39, 0.29) is 18.0 Å². The summed E-state index contributed by atoms with van der Waals surface area (Å²) in [4.78, 5) is 24.4. The number of thiophene rings is 1. The molecule has 0 saturated heterocycles. The minimum absolute atomic E-state index is 0.00809. The highest BCUT2D eigenvalue weighted by Crippen LogP contribution is 2.40. The van der Waals surface area contributed by atoms with E-state index < -0.39 is 17.7 Å². The number of unbranched alkanes of at least 4 members (excludes halogenated alkanes) is 1. The van der Waals surface area contributed by atoms with Crippen molar-refractivity contribution in [1.29, 1.82) is 0 Å². The van der Waals surface area contributed by atoms with Gasteiger partial charge in [-0.25, -0.2) is 4.39 Å². The molecule has 1 heterocycles. The number of fused-ring (bicyclic) bond motifs is 1. The summed E-state index contributed by atoms with van der Waals surface area (Å²) in [6.45, 7) is 2.00. The van der Waals surface area contributed by atoms with Gasteiger partial charge in [-0.1, -0.05) is 22.9 Å². The zero-order chi connectivity index (χ0) is 20.0. The smallest absolute Gasteiger partial charge is 0.308 e. The second kappa shape index (κ2) is 10.0. The van der Waals surface area contributed by atoms with Crippen molar-refractivity contribution in [1.82, 2.24) is 0 Å². The second-order valence-corrected chi connectivity index (χ2v) is 7.92. The average Bonchev–Trinajstić information content (AvgIpc) is 3.10. The molecule has 27 heavy (non-hydrogen) atoms. The minimum atomic E-state index is -0.555. The molecule has 0 saturated carbocycles. The van der Waals surface area contributed by atoms with Crippen LogP contribution in [0.3, 0.4) is 0 Å². The molecule has 1 aromatic carbocycles. The number of methoxy groups -OCH3 is 2. The molecule has 0 aliphatic rings. The fourth-order valence-corrected chi connectivity index (χ4v) is 3.99. The maximum absolute atomic E-state index is 15.0. The van der Waals surface area contributed by atoms with Crippen LogP contribution >= 0.6 is 27.3 Å². The van der Waals surface area contributed by atoms with Gasteiger partial charge < -0.3 is 14.2 Å². The Bertz CT molecular complexity index is 820. The number of carbonyl (C=O) groups excluding carboxylic acids is 2. The van der Waals surface area contributed by atoms with Gasteiger partial charge in [-0.15, -0.1) is 11.3 Å². The van der Waals surface area contributed by atoms with Crippen molar-refractivity contribution in [3.63, 3.8) is 0 Å². The summed E-state index contributed by atoms with van der Waals surface area (Å²) >= 11 is 4.51. The number of rotatable bonds is 10. The molecule has 5 nitrogen and oxygen atoms in total. The Balaban J connectivity index is 2.28. The summed E-state index contributed by atoms with van der Waals surface area (Å²) in [6, 6.07) is 3.18. The van der Waals surface area contributed by atoms with Crippen molar-refractivity contribution in [3.05, 3.63) is 22.8 Å². The molecule has 0 spiro atoms. The molecule has 0 radical (unpaired) electrons. The van der Waals surface area contributed by atoms with Crippen LogP contribution in [0.2, 0.25) is 0 Å². The Hall–Kier alpha value is -1.67. The van der Waals surface area contributed by atoms with Crippen molar-refractivity contribution >= 4 is 49.1 Å². The molecule has 1 unspecified atom stereocenters. The van der Waals surface area contributed by atoms with Gasteiger partial charge in [0.1, 0.15) is 0 Å². The van der Waals surface area contributed by atoms with Crippen LogP contribution in [-0.4, -0.2) is 37.9 Å². The fraction of sp³-hybridized carbons (Fsp3) is 0.474. The number of ketones is 1. The van der Waals surface area contributed by atoms with Gasteiger partial charge in [-0.3, -0.25) is 9.59 Å². The Labute approximate surface area is 169 Å². The molecule has 0 amide bonds. The van der Waals surface area contributed by atoms with Crippen LogP contribution in [0.1, 0.15) is 35.9 Å². The van der Waals surface area contributed by atoms with Crippen LogP contribution in [0, 0.1) is 11.7 Å². The van der Waals surface area contributed by atoms with Crippen molar-refractivity contribution < 1.29 is 28.2 Å². The van der Waals surface area contributed by atoms with Crippen LogP contribution in [0.4, 0.5) is 4.39 Å². The summed E-state index contributed by atoms with van der Waals surface area (Å²) in [7, 11) is 2.73. The van der Waals surface area contributed by atoms with E-state index in [2.05, 4.69) is 20.7 Å². The van der Waals surface area contributed by atoms with Gasteiger partial charge in [0.15, 0.2) is 23.1 Å². The molecule has 8 heteroatoms. The van der Waals surface area contributed by atoms with E-state index in [0.29, 0.717) is 27.3 Å². The number of alkyl halides is 1. The van der Waals surface area contributed by atoms with Gasteiger partial charge in [-0.2, -0.15) is 0 Å².